The molecule has 0 spiro atoms. The molecule has 2 N–H and O–H groups in total. The lowest BCUT2D eigenvalue weighted by Crippen LogP contribution is -2.25. The third kappa shape index (κ3) is 1.57. The van der Waals surface area contributed by atoms with Gasteiger partial charge in [-0.25, -0.2) is 0 Å². The summed E-state index contributed by atoms with van der Waals surface area (Å²) in [5.41, 5.74) is 9.61. The number of hydrogen-bond donors (Lipinski definition) is 1. The van der Waals surface area contributed by atoms with E-state index in [0.717, 1.165) is 25.2 Å². The number of hydrogen-bond acceptors (Lipinski definition) is 2. The van der Waals surface area contributed by atoms with Gasteiger partial charge in [0.2, 0.25) is 0 Å². The van der Waals surface area contributed by atoms with E-state index in [0.29, 0.717) is 5.92 Å². The molecule has 1 aliphatic rings. The highest BCUT2D eigenvalue weighted by molar-refractivity contribution is 5.74. The molecular formula is C12H18N2. The fraction of sp³-hybridized carbons (Fsp3) is 0.500. The molecule has 1 aromatic carbocycles. The van der Waals surface area contributed by atoms with E-state index >= 15 is 0 Å². The van der Waals surface area contributed by atoms with Gasteiger partial charge in [-0.1, -0.05) is 26.0 Å². The van der Waals surface area contributed by atoms with Crippen molar-refractivity contribution in [1.82, 2.24) is 0 Å². The quantitative estimate of drug-likeness (QED) is 0.725. The topological polar surface area (TPSA) is 29.3 Å². The maximum atomic E-state index is 6.00. The summed E-state index contributed by atoms with van der Waals surface area (Å²) < 4.78 is 0. The van der Waals surface area contributed by atoms with Crippen molar-refractivity contribution in [3.63, 3.8) is 0 Å². The van der Waals surface area contributed by atoms with Crippen molar-refractivity contribution in [1.29, 1.82) is 0 Å². The second kappa shape index (κ2) is 3.52. The van der Waals surface area contributed by atoms with Crippen LogP contribution in [0, 0.1) is 5.92 Å². The number of nitrogen functional groups attached to an aromatic ring is 1. The fourth-order valence-corrected chi connectivity index (χ4v) is 2.19. The molecule has 0 atom stereocenters. The van der Waals surface area contributed by atoms with E-state index in [2.05, 4.69) is 24.8 Å². The van der Waals surface area contributed by atoms with E-state index in [1.54, 1.807) is 0 Å². The molecule has 0 bridgehead atoms. The van der Waals surface area contributed by atoms with E-state index in [1.165, 1.54) is 11.3 Å². The number of nitrogens with zero attached hydrogens (tertiary/aromatic N) is 1. The highest BCUT2D eigenvalue weighted by atomic mass is 15.2. The number of benzene rings is 1. The Morgan fingerprint density at radius 2 is 2.21 bits per heavy atom. The summed E-state index contributed by atoms with van der Waals surface area (Å²) in [4.78, 5) is 2.41. The van der Waals surface area contributed by atoms with Crippen LogP contribution in [0.25, 0.3) is 0 Å². The molecule has 1 heterocycles. The van der Waals surface area contributed by atoms with Crippen molar-refractivity contribution >= 4 is 11.4 Å². The molecule has 0 aromatic heterocycles. The van der Waals surface area contributed by atoms with Gasteiger partial charge in [-0.3, -0.25) is 0 Å². The lowest BCUT2D eigenvalue weighted by molar-refractivity contribution is 0.622. The van der Waals surface area contributed by atoms with E-state index in [4.69, 9.17) is 5.73 Å². The molecule has 0 saturated heterocycles. The molecule has 0 radical (unpaired) electrons. The molecule has 1 aromatic rings. The van der Waals surface area contributed by atoms with E-state index in [9.17, 15) is 0 Å². The molecule has 0 aliphatic carbocycles. The number of fused-ring (bicyclic) bond motifs is 1. The Kier molecular flexibility index (Phi) is 2.36. The number of rotatable bonds is 2. The average Bonchev–Trinajstić information content (AvgIpc) is 2.49. The van der Waals surface area contributed by atoms with Gasteiger partial charge in [-0.05, 0) is 24.0 Å². The van der Waals surface area contributed by atoms with Gasteiger partial charge in [0.1, 0.15) is 0 Å². The number of para-hydroxylation sites is 1. The number of anilines is 2. The maximum Gasteiger partial charge on any atom is 0.0633 e. The summed E-state index contributed by atoms with van der Waals surface area (Å²) >= 11 is 0. The van der Waals surface area contributed by atoms with Crippen LogP contribution in [0.15, 0.2) is 18.2 Å². The standard InChI is InChI=1S/C12H18N2/c1-9(2)8-14-7-6-10-4-3-5-11(13)12(10)14/h3-5,9H,6-8,13H2,1-2H3. The van der Waals surface area contributed by atoms with Crippen LogP contribution in [0.2, 0.25) is 0 Å². The molecule has 0 fully saturated rings. The largest absolute Gasteiger partial charge is 0.397 e. The van der Waals surface area contributed by atoms with E-state index in [1.807, 2.05) is 12.1 Å². The zero-order valence-corrected chi connectivity index (χ0v) is 8.96. The predicted molar refractivity (Wildman–Crippen MR) is 61.6 cm³/mol. The van der Waals surface area contributed by atoms with Gasteiger partial charge in [-0.2, -0.15) is 0 Å². The molecule has 1 aliphatic heterocycles. The van der Waals surface area contributed by atoms with Crippen molar-refractivity contribution in [3.8, 4) is 0 Å². The second-order valence-electron chi connectivity index (χ2n) is 4.44. The summed E-state index contributed by atoms with van der Waals surface area (Å²) in [7, 11) is 0. The van der Waals surface area contributed by atoms with Crippen molar-refractivity contribution in [2.75, 3.05) is 23.7 Å². The molecule has 0 unspecified atom stereocenters. The van der Waals surface area contributed by atoms with Gasteiger partial charge < -0.3 is 10.6 Å². The van der Waals surface area contributed by atoms with Crippen molar-refractivity contribution < 1.29 is 0 Å². The fourth-order valence-electron chi connectivity index (χ4n) is 2.19. The Bertz CT molecular complexity index is 331. The minimum atomic E-state index is 0.695. The molecule has 14 heavy (non-hydrogen) atoms. The SMILES string of the molecule is CC(C)CN1CCc2cccc(N)c21. The summed E-state index contributed by atoms with van der Waals surface area (Å²) in [6.45, 7) is 6.73. The molecule has 0 amide bonds. The maximum absolute atomic E-state index is 6.00. The Balaban J connectivity index is 2.29. The van der Waals surface area contributed by atoms with E-state index < -0.39 is 0 Å². The Hall–Kier alpha value is -1.18. The third-order valence-corrected chi connectivity index (χ3v) is 2.70. The average molecular weight is 190 g/mol. The van der Waals surface area contributed by atoms with Gasteiger partial charge in [0.05, 0.1) is 11.4 Å². The highest BCUT2D eigenvalue weighted by Crippen LogP contribution is 2.33. The normalized spacial score (nSPS) is 14.9. The summed E-state index contributed by atoms with van der Waals surface area (Å²) in [5.74, 6) is 0.695. The van der Waals surface area contributed by atoms with Crippen LogP contribution in [0.5, 0.6) is 0 Å². The van der Waals surface area contributed by atoms with Gasteiger partial charge in [0, 0.05) is 13.1 Å². The first-order valence-electron chi connectivity index (χ1n) is 5.31. The highest BCUT2D eigenvalue weighted by Gasteiger charge is 2.21. The molecule has 2 rings (SSSR count). The zero-order chi connectivity index (χ0) is 10.1. The van der Waals surface area contributed by atoms with Crippen molar-refractivity contribution in [2.24, 2.45) is 5.92 Å². The molecule has 76 valence electrons. The van der Waals surface area contributed by atoms with Gasteiger partial charge in [0.15, 0.2) is 0 Å². The lowest BCUT2D eigenvalue weighted by atomic mass is 10.1. The van der Waals surface area contributed by atoms with Crippen molar-refractivity contribution in [2.45, 2.75) is 20.3 Å². The van der Waals surface area contributed by atoms with Crippen molar-refractivity contribution in [3.05, 3.63) is 23.8 Å². The smallest absolute Gasteiger partial charge is 0.0633 e. The van der Waals surface area contributed by atoms with E-state index in [-0.39, 0.29) is 0 Å². The Labute approximate surface area is 85.7 Å². The number of nitrogens with two attached hydrogens (primary N) is 1. The van der Waals surface area contributed by atoms with Crippen LogP contribution in [0.3, 0.4) is 0 Å². The second-order valence-corrected chi connectivity index (χ2v) is 4.44. The van der Waals surface area contributed by atoms with Crippen LogP contribution < -0.4 is 10.6 Å². The zero-order valence-electron chi connectivity index (χ0n) is 8.96. The van der Waals surface area contributed by atoms with Crippen LogP contribution in [0.4, 0.5) is 11.4 Å². The summed E-state index contributed by atoms with van der Waals surface area (Å²) in [6.07, 6.45) is 1.15. The van der Waals surface area contributed by atoms with Gasteiger partial charge in [-0.15, -0.1) is 0 Å². The monoisotopic (exact) mass is 190 g/mol. The lowest BCUT2D eigenvalue weighted by Gasteiger charge is -2.22. The molecule has 2 heteroatoms. The summed E-state index contributed by atoms with van der Waals surface area (Å²) in [5, 5.41) is 0. The first-order valence-corrected chi connectivity index (χ1v) is 5.31. The van der Waals surface area contributed by atoms with Gasteiger partial charge in [0.25, 0.3) is 0 Å². The predicted octanol–water partition coefficient (Wildman–Crippen LogP) is 2.29. The third-order valence-electron chi connectivity index (χ3n) is 2.70. The minimum Gasteiger partial charge on any atom is -0.397 e. The molecule has 2 nitrogen and oxygen atoms in total. The first kappa shape index (κ1) is 9.38. The Morgan fingerprint density at radius 1 is 1.43 bits per heavy atom. The van der Waals surface area contributed by atoms with Crippen LogP contribution >= 0.6 is 0 Å². The van der Waals surface area contributed by atoms with Crippen LogP contribution in [-0.4, -0.2) is 13.1 Å². The Morgan fingerprint density at radius 3 is 2.93 bits per heavy atom. The van der Waals surface area contributed by atoms with Gasteiger partial charge >= 0.3 is 0 Å². The minimum absolute atomic E-state index is 0.695. The van der Waals surface area contributed by atoms with Crippen LogP contribution in [-0.2, 0) is 6.42 Å². The summed E-state index contributed by atoms with van der Waals surface area (Å²) in [6, 6.07) is 6.23. The molecular weight excluding hydrogens is 172 g/mol. The van der Waals surface area contributed by atoms with Crippen LogP contribution in [0.1, 0.15) is 19.4 Å². The first-order chi connectivity index (χ1) is 6.68. The molecule has 0 saturated carbocycles.